The number of rotatable bonds is 8. The molecule has 5 rings (SSSR count). The van der Waals surface area contributed by atoms with Gasteiger partial charge in [0.15, 0.2) is 0 Å². The number of hydrogen-bond donors (Lipinski definition) is 4. The van der Waals surface area contributed by atoms with Crippen molar-refractivity contribution in [3.8, 4) is 11.1 Å². The zero-order valence-corrected chi connectivity index (χ0v) is 23.0. The topological polar surface area (TPSA) is 92.3 Å². The van der Waals surface area contributed by atoms with E-state index in [0.717, 1.165) is 32.0 Å². The quantitative estimate of drug-likeness (QED) is 0.180. The van der Waals surface area contributed by atoms with Gasteiger partial charge in [0.1, 0.15) is 0 Å². The summed E-state index contributed by atoms with van der Waals surface area (Å²) in [6.45, 7) is 0. The van der Waals surface area contributed by atoms with E-state index in [1.165, 1.54) is 0 Å². The summed E-state index contributed by atoms with van der Waals surface area (Å²) in [4.78, 5) is 1.49. The lowest BCUT2D eigenvalue weighted by molar-refractivity contribution is 0.598. The Balaban J connectivity index is 1.35. The predicted octanol–water partition coefficient (Wildman–Crippen LogP) is 5.72. The average molecular weight is 569 g/mol. The SMILES string of the molecule is O=S(=O)(Cc1ccc2c(c1)-c1cc(CS(=O)(=O)Nc3ccc(S)cc3)ccc1C2)Nc1ccc(S)cc1. The van der Waals surface area contributed by atoms with Crippen LogP contribution >= 0.6 is 25.3 Å². The van der Waals surface area contributed by atoms with E-state index in [0.29, 0.717) is 28.9 Å². The van der Waals surface area contributed by atoms with Gasteiger partial charge in [-0.25, -0.2) is 16.8 Å². The molecule has 0 bridgehead atoms. The highest BCUT2D eigenvalue weighted by Crippen LogP contribution is 2.38. The minimum atomic E-state index is -3.63. The molecule has 0 atom stereocenters. The van der Waals surface area contributed by atoms with Gasteiger partial charge in [0.2, 0.25) is 20.0 Å². The third kappa shape index (κ3) is 6.32. The molecule has 190 valence electrons. The molecule has 0 heterocycles. The second kappa shape index (κ2) is 10.1. The molecule has 0 amide bonds. The molecular formula is C27H24N2O4S4. The number of hydrogen-bond acceptors (Lipinski definition) is 6. The van der Waals surface area contributed by atoms with E-state index in [1.54, 1.807) is 48.5 Å². The Hall–Kier alpha value is -2.92. The van der Waals surface area contributed by atoms with E-state index in [4.69, 9.17) is 0 Å². The fourth-order valence-corrected chi connectivity index (χ4v) is 7.04. The Morgan fingerprint density at radius 2 is 0.946 bits per heavy atom. The van der Waals surface area contributed by atoms with Gasteiger partial charge in [0.05, 0.1) is 11.5 Å². The van der Waals surface area contributed by atoms with Crippen molar-refractivity contribution in [2.24, 2.45) is 0 Å². The monoisotopic (exact) mass is 568 g/mol. The van der Waals surface area contributed by atoms with Crippen LogP contribution in [0.2, 0.25) is 0 Å². The highest BCUT2D eigenvalue weighted by molar-refractivity contribution is 7.92. The maximum absolute atomic E-state index is 12.8. The molecule has 0 aromatic heterocycles. The minimum Gasteiger partial charge on any atom is -0.283 e. The molecule has 10 heteroatoms. The maximum atomic E-state index is 12.8. The molecule has 0 unspecified atom stereocenters. The van der Waals surface area contributed by atoms with Crippen molar-refractivity contribution < 1.29 is 16.8 Å². The van der Waals surface area contributed by atoms with Crippen LogP contribution in [0.25, 0.3) is 11.1 Å². The molecule has 0 saturated carbocycles. The van der Waals surface area contributed by atoms with Crippen molar-refractivity contribution in [1.29, 1.82) is 0 Å². The molecule has 0 spiro atoms. The van der Waals surface area contributed by atoms with Crippen molar-refractivity contribution in [1.82, 2.24) is 0 Å². The third-order valence-corrected chi connectivity index (χ3v) is 9.13. The van der Waals surface area contributed by atoms with Gasteiger partial charge < -0.3 is 0 Å². The van der Waals surface area contributed by atoms with Gasteiger partial charge in [-0.3, -0.25) is 9.44 Å². The fraction of sp³-hybridized carbons (Fsp3) is 0.111. The van der Waals surface area contributed by atoms with Crippen molar-refractivity contribution in [2.75, 3.05) is 9.44 Å². The van der Waals surface area contributed by atoms with E-state index in [9.17, 15) is 16.8 Å². The Morgan fingerprint density at radius 3 is 1.32 bits per heavy atom. The Bertz CT molecular complexity index is 1560. The number of nitrogens with one attached hydrogen (secondary N) is 2. The van der Waals surface area contributed by atoms with Crippen LogP contribution in [0.5, 0.6) is 0 Å². The zero-order chi connectivity index (χ0) is 26.2. The minimum absolute atomic E-state index is 0.179. The molecule has 37 heavy (non-hydrogen) atoms. The van der Waals surface area contributed by atoms with Crippen molar-refractivity contribution >= 4 is 56.7 Å². The Morgan fingerprint density at radius 1 is 0.568 bits per heavy atom. The summed E-state index contributed by atoms with van der Waals surface area (Å²) in [6, 6.07) is 24.8. The van der Waals surface area contributed by atoms with Crippen LogP contribution in [0.15, 0.2) is 94.7 Å². The van der Waals surface area contributed by atoms with Gasteiger partial charge >= 0.3 is 0 Å². The molecule has 4 aromatic rings. The summed E-state index contributed by atoms with van der Waals surface area (Å²) in [5, 5.41) is 0. The summed E-state index contributed by atoms with van der Waals surface area (Å²) in [5.41, 5.74) is 6.28. The summed E-state index contributed by atoms with van der Waals surface area (Å²) < 4.78 is 56.3. The van der Waals surface area contributed by atoms with Crippen molar-refractivity contribution in [3.05, 3.63) is 107 Å². The van der Waals surface area contributed by atoms with Crippen LogP contribution in [0.4, 0.5) is 11.4 Å². The maximum Gasteiger partial charge on any atom is 0.236 e. The highest BCUT2D eigenvalue weighted by Gasteiger charge is 2.22. The average Bonchev–Trinajstić information content (AvgIpc) is 3.18. The lowest BCUT2D eigenvalue weighted by Gasteiger charge is -2.11. The van der Waals surface area contributed by atoms with Crippen LogP contribution in [0.1, 0.15) is 22.3 Å². The molecule has 1 aliphatic rings. The normalized spacial score (nSPS) is 12.6. The fourth-order valence-electron chi connectivity index (χ4n) is 4.37. The van der Waals surface area contributed by atoms with E-state index in [2.05, 4.69) is 34.7 Å². The van der Waals surface area contributed by atoms with Crippen molar-refractivity contribution in [2.45, 2.75) is 27.7 Å². The van der Waals surface area contributed by atoms with E-state index in [-0.39, 0.29) is 11.5 Å². The number of anilines is 2. The van der Waals surface area contributed by atoms with E-state index in [1.807, 2.05) is 36.4 Å². The molecule has 6 nitrogen and oxygen atoms in total. The van der Waals surface area contributed by atoms with Crippen LogP contribution in [-0.4, -0.2) is 16.8 Å². The first kappa shape index (κ1) is 25.7. The van der Waals surface area contributed by atoms with Gasteiger partial charge in [-0.1, -0.05) is 24.3 Å². The molecule has 2 N–H and O–H groups in total. The Labute approximate surface area is 228 Å². The number of thiol groups is 2. The molecule has 0 aliphatic heterocycles. The smallest absolute Gasteiger partial charge is 0.236 e. The summed E-state index contributed by atoms with van der Waals surface area (Å²) in [7, 11) is -7.25. The summed E-state index contributed by atoms with van der Waals surface area (Å²) in [5.74, 6) is -0.359. The third-order valence-electron chi connectivity index (χ3n) is 6.01. The van der Waals surface area contributed by atoms with Gasteiger partial charge in [-0.05, 0) is 100 Å². The molecule has 0 radical (unpaired) electrons. The van der Waals surface area contributed by atoms with E-state index < -0.39 is 20.0 Å². The van der Waals surface area contributed by atoms with Gasteiger partial charge in [-0.15, -0.1) is 25.3 Å². The van der Waals surface area contributed by atoms with Crippen molar-refractivity contribution in [3.63, 3.8) is 0 Å². The molecule has 0 fully saturated rings. The lowest BCUT2D eigenvalue weighted by Crippen LogP contribution is -2.15. The van der Waals surface area contributed by atoms with Crippen LogP contribution in [-0.2, 0) is 38.0 Å². The molecular weight excluding hydrogens is 545 g/mol. The van der Waals surface area contributed by atoms with Gasteiger partial charge in [-0.2, -0.15) is 0 Å². The van der Waals surface area contributed by atoms with Crippen LogP contribution in [0, 0.1) is 0 Å². The second-order valence-electron chi connectivity index (χ2n) is 8.98. The zero-order valence-electron chi connectivity index (χ0n) is 19.5. The number of sulfonamides is 2. The largest absolute Gasteiger partial charge is 0.283 e. The summed E-state index contributed by atoms with van der Waals surface area (Å²) >= 11 is 8.44. The predicted molar refractivity (Wildman–Crippen MR) is 155 cm³/mol. The number of fused-ring (bicyclic) bond motifs is 3. The number of benzene rings is 4. The lowest BCUT2D eigenvalue weighted by atomic mass is 10.0. The van der Waals surface area contributed by atoms with E-state index >= 15 is 0 Å². The second-order valence-corrected chi connectivity index (χ2v) is 13.5. The molecule has 0 saturated heterocycles. The Kier molecular flexibility index (Phi) is 7.01. The standard InChI is InChI=1S/C27H24N2O4S4/c30-36(31,28-22-5-9-24(34)10-6-22)16-18-1-3-20-15-21-4-2-19(14-27(21)26(20)13-18)17-37(32,33)29-23-7-11-25(35)12-8-23/h1-14,28-29,34-35H,15-17H2. The first-order valence-corrected chi connectivity index (χ1v) is 15.6. The first-order chi connectivity index (χ1) is 17.6. The van der Waals surface area contributed by atoms with Gasteiger partial charge in [0, 0.05) is 21.2 Å². The van der Waals surface area contributed by atoms with Crippen LogP contribution < -0.4 is 9.44 Å². The molecule has 1 aliphatic carbocycles. The first-order valence-electron chi connectivity index (χ1n) is 11.4. The highest BCUT2D eigenvalue weighted by atomic mass is 32.2. The van der Waals surface area contributed by atoms with Crippen LogP contribution in [0.3, 0.4) is 0 Å². The van der Waals surface area contributed by atoms with Gasteiger partial charge in [0.25, 0.3) is 0 Å². The summed E-state index contributed by atoms with van der Waals surface area (Å²) in [6.07, 6.45) is 0.716. The molecule has 4 aromatic carbocycles.